The fraction of sp³-hybridized carbons (Fsp3) is 0.588. The van der Waals surface area contributed by atoms with Gasteiger partial charge in [0.15, 0.2) is 0 Å². The molecule has 2 rings (SSSR count). The molecule has 0 bridgehead atoms. The van der Waals surface area contributed by atoms with E-state index in [2.05, 4.69) is 30.4 Å². The predicted octanol–water partition coefficient (Wildman–Crippen LogP) is 3.13. The summed E-state index contributed by atoms with van der Waals surface area (Å²) in [5, 5.41) is 3.54. The zero-order valence-corrected chi connectivity index (χ0v) is 12.6. The second-order valence-corrected chi connectivity index (χ2v) is 5.57. The van der Waals surface area contributed by atoms with Crippen molar-refractivity contribution in [2.45, 2.75) is 58.5 Å². The van der Waals surface area contributed by atoms with Gasteiger partial charge in [0.05, 0.1) is 6.61 Å². The van der Waals surface area contributed by atoms with Crippen LogP contribution in [0.5, 0.6) is 0 Å². The molecule has 1 fully saturated rings. The predicted molar refractivity (Wildman–Crippen MR) is 80.6 cm³/mol. The molecule has 1 saturated carbocycles. The second kappa shape index (κ2) is 7.44. The van der Waals surface area contributed by atoms with Crippen LogP contribution in [0.3, 0.4) is 0 Å². The molecule has 1 N–H and O–H groups in total. The summed E-state index contributed by atoms with van der Waals surface area (Å²) in [5.74, 6) is -0.0864. The number of carbonyl (C=O) groups is 1. The first-order chi connectivity index (χ1) is 9.69. The molecule has 1 aliphatic rings. The Bertz CT molecular complexity index is 452. The summed E-state index contributed by atoms with van der Waals surface area (Å²) in [6, 6.07) is 7.39. The first-order valence-electron chi connectivity index (χ1n) is 7.66. The lowest BCUT2D eigenvalue weighted by atomic mass is 10.00. The molecule has 3 heteroatoms. The summed E-state index contributed by atoms with van der Waals surface area (Å²) in [5.41, 5.74) is 4.00. The van der Waals surface area contributed by atoms with Crippen molar-refractivity contribution in [3.63, 3.8) is 0 Å². The molecule has 20 heavy (non-hydrogen) atoms. The van der Waals surface area contributed by atoms with Gasteiger partial charge in [-0.1, -0.05) is 18.2 Å². The van der Waals surface area contributed by atoms with Crippen molar-refractivity contribution >= 4 is 5.97 Å². The van der Waals surface area contributed by atoms with Crippen molar-refractivity contribution in [3.8, 4) is 0 Å². The summed E-state index contributed by atoms with van der Waals surface area (Å²) in [6.07, 6.45) is 4.95. The minimum atomic E-state index is -0.0864. The Hall–Kier alpha value is -1.35. The lowest BCUT2D eigenvalue weighted by molar-refractivity contribution is -0.143. The number of esters is 1. The maximum absolute atomic E-state index is 11.3. The Balaban J connectivity index is 1.82. The number of hydrogen-bond acceptors (Lipinski definition) is 3. The fourth-order valence-corrected chi connectivity index (χ4v) is 2.31. The highest BCUT2D eigenvalue weighted by Gasteiger charge is 2.19. The molecule has 0 saturated heterocycles. The normalized spacial score (nSPS) is 14.3. The van der Waals surface area contributed by atoms with Crippen LogP contribution < -0.4 is 5.32 Å². The highest BCUT2D eigenvalue weighted by Crippen LogP contribution is 2.20. The molecule has 110 valence electrons. The van der Waals surface area contributed by atoms with Crippen molar-refractivity contribution in [2.24, 2.45) is 0 Å². The van der Waals surface area contributed by atoms with Crippen LogP contribution in [0.2, 0.25) is 0 Å². The molecule has 0 unspecified atom stereocenters. The molecule has 0 spiro atoms. The number of ether oxygens (including phenoxy) is 1. The molecule has 0 heterocycles. The van der Waals surface area contributed by atoms with Gasteiger partial charge in [0, 0.05) is 19.0 Å². The third-order valence-corrected chi connectivity index (χ3v) is 3.72. The molecule has 0 amide bonds. The lowest BCUT2D eigenvalue weighted by Crippen LogP contribution is -2.15. The lowest BCUT2D eigenvalue weighted by Gasteiger charge is -2.10. The van der Waals surface area contributed by atoms with E-state index >= 15 is 0 Å². The van der Waals surface area contributed by atoms with Gasteiger partial charge < -0.3 is 10.1 Å². The summed E-state index contributed by atoms with van der Waals surface area (Å²) >= 11 is 0. The molecule has 0 atom stereocenters. The van der Waals surface area contributed by atoms with Gasteiger partial charge >= 0.3 is 5.97 Å². The van der Waals surface area contributed by atoms with Crippen molar-refractivity contribution < 1.29 is 9.53 Å². The Labute approximate surface area is 121 Å². The first kappa shape index (κ1) is 15.0. The SMILES string of the molecule is CCOC(=O)CCCc1cc(CNC2CC2)ccc1C. The molecule has 0 radical (unpaired) electrons. The summed E-state index contributed by atoms with van der Waals surface area (Å²) < 4.78 is 4.96. The minimum absolute atomic E-state index is 0.0864. The van der Waals surface area contributed by atoms with Gasteiger partial charge in [-0.2, -0.15) is 0 Å². The van der Waals surface area contributed by atoms with Crippen molar-refractivity contribution in [1.82, 2.24) is 5.32 Å². The quantitative estimate of drug-likeness (QED) is 0.741. The number of rotatable bonds is 8. The third-order valence-electron chi connectivity index (χ3n) is 3.72. The van der Waals surface area contributed by atoms with E-state index in [4.69, 9.17) is 4.74 Å². The Kier molecular flexibility index (Phi) is 5.60. The maximum atomic E-state index is 11.3. The van der Waals surface area contributed by atoms with Crippen LogP contribution in [-0.2, 0) is 22.5 Å². The van der Waals surface area contributed by atoms with E-state index < -0.39 is 0 Å². The number of carbonyl (C=O) groups excluding carboxylic acids is 1. The Morgan fingerprint density at radius 3 is 2.90 bits per heavy atom. The molecule has 1 aromatic carbocycles. The van der Waals surface area contributed by atoms with Crippen LogP contribution in [-0.4, -0.2) is 18.6 Å². The third kappa shape index (κ3) is 4.97. The van der Waals surface area contributed by atoms with Crippen LogP contribution in [0.25, 0.3) is 0 Å². The monoisotopic (exact) mass is 275 g/mol. The molecule has 0 aromatic heterocycles. The number of hydrogen-bond donors (Lipinski definition) is 1. The zero-order chi connectivity index (χ0) is 14.4. The van der Waals surface area contributed by atoms with Crippen molar-refractivity contribution in [3.05, 3.63) is 34.9 Å². The van der Waals surface area contributed by atoms with Crippen molar-refractivity contribution in [2.75, 3.05) is 6.61 Å². The molecule has 0 aliphatic heterocycles. The molecule has 1 aromatic rings. The summed E-state index contributed by atoms with van der Waals surface area (Å²) in [4.78, 5) is 11.3. The molecule has 1 aliphatic carbocycles. The van der Waals surface area contributed by atoms with Crippen LogP contribution in [0.15, 0.2) is 18.2 Å². The van der Waals surface area contributed by atoms with Crippen LogP contribution >= 0.6 is 0 Å². The van der Waals surface area contributed by atoms with Gasteiger partial charge in [0.2, 0.25) is 0 Å². The molecular formula is C17H25NO2. The topological polar surface area (TPSA) is 38.3 Å². The number of benzene rings is 1. The van der Waals surface area contributed by atoms with E-state index in [0.717, 1.165) is 25.4 Å². The average molecular weight is 275 g/mol. The smallest absolute Gasteiger partial charge is 0.305 e. The summed E-state index contributed by atoms with van der Waals surface area (Å²) in [7, 11) is 0. The first-order valence-corrected chi connectivity index (χ1v) is 7.66. The minimum Gasteiger partial charge on any atom is -0.466 e. The van der Waals surface area contributed by atoms with Crippen molar-refractivity contribution in [1.29, 1.82) is 0 Å². The van der Waals surface area contributed by atoms with Crippen LogP contribution in [0.1, 0.15) is 49.3 Å². The average Bonchev–Trinajstić information content (AvgIpc) is 3.24. The van der Waals surface area contributed by atoms with E-state index in [1.165, 1.54) is 29.5 Å². The maximum Gasteiger partial charge on any atom is 0.305 e. The second-order valence-electron chi connectivity index (χ2n) is 5.57. The van der Waals surface area contributed by atoms with Gasteiger partial charge in [-0.05, 0) is 56.2 Å². The standard InChI is InChI=1S/C17H25NO2/c1-3-20-17(19)6-4-5-15-11-14(8-7-13(15)2)12-18-16-9-10-16/h7-8,11,16,18H,3-6,9-10,12H2,1-2H3. The molecular weight excluding hydrogens is 250 g/mol. The van der Waals surface area contributed by atoms with Gasteiger partial charge in [-0.15, -0.1) is 0 Å². The fourth-order valence-electron chi connectivity index (χ4n) is 2.31. The van der Waals surface area contributed by atoms with Gasteiger partial charge in [0.25, 0.3) is 0 Å². The Morgan fingerprint density at radius 2 is 2.20 bits per heavy atom. The van der Waals surface area contributed by atoms with E-state index in [-0.39, 0.29) is 5.97 Å². The largest absolute Gasteiger partial charge is 0.466 e. The summed E-state index contributed by atoms with van der Waals surface area (Å²) in [6.45, 7) is 5.41. The highest BCUT2D eigenvalue weighted by atomic mass is 16.5. The zero-order valence-electron chi connectivity index (χ0n) is 12.6. The molecule has 3 nitrogen and oxygen atoms in total. The van der Waals surface area contributed by atoms with Crippen LogP contribution in [0.4, 0.5) is 0 Å². The van der Waals surface area contributed by atoms with Gasteiger partial charge in [0.1, 0.15) is 0 Å². The number of aryl methyl sites for hydroxylation is 2. The Morgan fingerprint density at radius 1 is 1.40 bits per heavy atom. The van der Waals surface area contributed by atoms with Gasteiger partial charge in [-0.3, -0.25) is 4.79 Å². The number of nitrogens with one attached hydrogen (secondary N) is 1. The van der Waals surface area contributed by atoms with E-state index in [1.807, 2.05) is 6.92 Å². The van der Waals surface area contributed by atoms with Gasteiger partial charge in [-0.25, -0.2) is 0 Å². The van der Waals surface area contributed by atoms with E-state index in [0.29, 0.717) is 13.0 Å². The highest BCUT2D eigenvalue weighted by molar-refractivity contribution is 5.69. The van der Waals surface area contributed by atoms with Crippen LogP contribution in [0, 0.1) is 6.92 Å². The van der Waals surface area contributed by atoms with E-state index in [1.54, 1.807) is 0 Å². The van der Waals surface area contributed by atoms with E-state index in [9.17, 15) is 4.79 Å².